The molecule has 234 valence electrons. The molecule has 0 amide bonds. The number of fused-ring (bicyclic) bond motifs is 12. The van der Waals surface area contributed by atoms with Gasteiger partial charge in [-0.2, -0.15) is 9.13 Å². The lowest BCUT2D eigenvalue weighted by Crippen LogP contribution is -2.71. The Bertz CT molecular complexity index is 2890. The number of aliphatic imine (C=N–C) groups is 2. The van der Waals surface area contributed by atoms with Gasteiger partial charge in [-0.05, 0) is 48.5 Å². The number of hydrogen-bond acceptors (Lipinski definition) is 4. The molecule has 0 radical (unpaired) electrons. The zero-order valence-corrected chi connectivity index (χ0v) is 29.8. The summed E-state index contributed by atoms with van der Waals surface area (Å²) >= 11 is 56.3. The molecular weight excluding hydrogens is 792 g/mol. The van der Waals surface area contributed by atoms with E-state index in [9.17, 15) is 0 Å². The van der Waals surface area contributed by atoms with Crippen molar-refractivity contribution in [1.82, 2.24) is 9.13 Å². The minimum atomic E-state index is -1.45. The third-order valence-corrected chi connectivity index (χ3v) is 12.5. The quantitative estimate of drug-likeness (QED) is 0.138. The second-order valence-corrected chi connectivity index (χ2v) is 15.4. The monoisotopic (exact) mass is 796 g/mol. The third-order valence-electron chi connectivity index (χ3n) is 9.95. The van der Waals surface area contributed by atoms with Crippen LogP contribution in [0.15, 0.2) is 68.5 Å². The Morgan fingerprint density at radius 1 is 0.408 bits per heavy atom. The highest BCUT2D eigenvalue weighted by atomic mass is 35.5. The molecular formula is C33H8Cl8N8+2. The molecule has 0 N–H and O–H groups in total. The summed E-state index contributed by atoms with van der Waals surface area (Å²) in [4.78, 5) is 21.2. The average molecular weight is 800 g/mol. The van der Waals surface area contributed by atoms with Crippen LogP contribution in [0.1, 0.15) is 22.3 Å². The van der Waals surface area contributed by atoms with Crippen LogP contribution in [0.5, 0.6) is 0 Å². The molecule has 2 aromatic heterocycles. The molecule has 0 fully saturated rings. The molecule has 16 heteroatoms. The highest BCUT2D eigenvalue weighted by molar-refractivity contribution is 6.45. The topological polar surface area (TPSA) is 65.3 Å². The Balaban J connectivity index is 1.47. The fourth-order valence-electron chi connectivity index (χ4n) is 8.24. The Hall–Kier alpha value is -3.44. The number of halogens is 8. The number of nitrogens with zero attached hydrogens (tertiary/aromatic N) is 8. The molecule has 6 aliphatic heterocycles. The van der Waals surface area contributed by atoms with Crippen LogP contribution in [-0.2, 0) is 5.91 Å². The highest BCUT2D eigenvalue weighted by Gasteiger charge is 2.70. The van der Waals surface area contributed by atoms with E-state index in [1.54, 1.807) is 48.5 Å². The Kier molecular flexibility index (Phi) is 5.02. The van der Waals surface area contributed by atoms with E-state index in [1.807, 2.05) is 18.3 Å². The van der Waals surface area contributed by atoms with Crippen molar-refractivity contribution in [2.24, 2.45) is 20.0 Å². The molecule has 12 rings (SSSR count). The lowest BCUT2D eigenvalue weighted by molar-refractivity contribution is -0.790. The molecule has 0 saturated carbocycles. The predicted octanol–water partition coefficient (Wildman–Crippen LogP) is 8.93. The molecule has 0 saturated heterocycles. The van der Waals surface area contributed by atoms with E-state index in [2.05, 4.69) is 0 Å². The van der Waals surface area contributed by atoms with E-state index >= 15 is 0 Å². The summed E-state index contributed by atoms with van der Waals surface area (Å²) in [6.45, 7) is 0. The van der Waals surface area contributed by atoms with Gasteiger partial charge in [-0.15, -0.1) is 9.15 Å². The number of amidine groups is 4. The van der Waals surface area contributed by atoms with Crippen molar-refractivity contribution < 1.29 is 9.15 Å². The van der Waals surface area contributed by atoms with E-state index < -0.39 is 5.91 Å². The molecule has 0 aliphatic carbocycles. The minimum absolute atomic E-state index is 0.432. The lowest BCUT2D eigenvalue weighted by Gasteiger charge is -2.40. The van der Waals surface area contributed by atoms with Gasteiger partial charge >= 0.3 is 5.91 Å². The summed E-state index contributed by atoms with van der Waals surface area (Å²) < 4.78 is 8.00. The molecule has 6 aliphatic rings. The van der Waals surface area contributed by atoms with E-state index in [0.717, 1.165) is 0 Å². The fourth-order valence-corrected chi connectivity index (χ4v) is 10.2. The van der Waals surface area contributed by atoms with Crippen molar-refractivity contribution in [2.75, 3.05) is 0 Å². The normalized spacial score (nSPS) is 17.6. The summed E-state index contributed by atoms with van der Waals surface area (Å²) in [6, 6.07) is 13.9. The zero-order chi connectivity index (χ0) is 33.2. The van der Waals surface area contributed by atoms with Gasteiger partial charge in [0.1, 0.15) is 0 Å². The maximum absolute atomic E-state index is 7.04. The second-order valence-electron chi connectivity index (χ2n) is 12.1. The molecule has 1 spiro atoms. The third kappa shape index (κ3) is 2.84. The SMILES string of the molecule is Clc1ccc(Cl)c2c1C1=Nc3c4c(Cl)ccc(Cl)c4c4n3C35n6c(c7c(Cl)ccc(Cl)c7c6=NC6=[N+]3C(=N4)c3c(Cl)ccc(Cl)c36)=NC2=[N+]15. The van der Waals surface area contributed by atoms with E-state index in [0.29, 0.717) is 130 Å². The van der Waals surface area contributed by atoms with Crippen LogP contribution >= 0.6 is 92.8 Å². The summed E-state index contributed by atoms with van der Waals surface area (Å²) in [5, 5.41) is 5.86. The smallest absolute Gasteiger partial charge is 0.192 e. The van der Waals surface area contributed by atoms with Gasteiger partial charge < -0.3 is 0 Å². The average Bonchev–Trinajstić information content (AvgIpc) is 3.81. The number of aromatic nitrogens is 2. The Labute approximate surface area is 313 Å². The number of rotatable bonds is 0. The lowest BCUT2D eigenvalue weighted by atomic mass is 10.1. The molecule has 49 heavy (non-hydrogen) atoms. The van der Waals surface area contributed by atoms with Crippen LogP contribution < -0.4 is 11.0 Å². The van der Waals surface area contributed by atoms with Gasteiger partial charge in [-0.3, -0.25) is 0 Å². The Morgan fingerprint density at radius 2 is 0.755 bits per heavy atom. The Morgan fingerprint density at radius 3 is 1.16 bits per heavy atom. The largest absolute Gasteiger partial charge is 0.404 e. The van der Waals surface area contributed by atoms with Crippen molar-refractivity contribution in [2.45, 2.75) is 5.91 Å². The molecule has 8 nitrogen and oxygen atoms in total. The van der Waals surface area contributed by atoms with Crippen molar-refractivity contribution in [1.29, 1.82) is 0 Å². The molecule has 8 heterocycles. The first-order chi connectivity index (χ1) is 23.6. The second kappa shape index (κ2) is 8.70. The van der Waals surface area contributed by atoms with Crippen LogP contribution in [0, 0.1) is 0 Å². The molecule has 0 bridgehead atoms. The van der Waals surface area contributed by atoms with Gasteiger partial charge in [0.25, 0.3) is 23.3 Å². The van der Waals surface area contributed by atoms with Gasteiger partial charge in [0.15, 0.2) is 0 Å². The summed E-state index contributed by atoms with van der Waals surface area (Å²) in [5.41, 5.74) is 3.37. The molecule has 0 atom stereocenters. The van der Waals surface area contributed by atoms with Gasteiger partial charge in [0, 0.05) is 0 Å². The predicted molar refractivity (Wildman–Crippen MR) is 194 cm³/mol. The highest BCUT2D eigenvalue weighted by Crippen LogP contribution is 2.56. The maximum atomic E-state index is 7.04. The van der Waals surface area contributed by atoms with Gasteiger partial charge in [-0.1, -0.05) is 113 Å². The van der Waals surface area contributed by atoms with Crippen LogP contribution in [-0.4, -0.2) is 41.6 Å². The van der Waals surface area contributed by atoms with Gasteiger partial charge in [0.2, 0.25) is 22.6 Å². The first-order valence-corrected chi connectivity index (χ1v) is 17.7. The first-order valence-electron chi connectivity index (χ1n) is 14.6. The summed E-state index contributed by atoms with van der Waals surface area (Å²) in [6.07, 6.45) is 0. The van der Waals surface area contributed by atoms with Crippen LogP contribution in [0.4, 0.5) is 11.6 Å². The summed E-state index contributed by atoms with van der Waals surface area (Å²) in [7, 11) is 0. The standard InChI is InChI=1S/C33H8Cl8N8/c34-9-1-2-10(35)18-17(9)25-42-27-19-11(36)3-4-12(37)20(19)29-44-31-23-15(40)7-8-16(41)24(23)32-45-30-22-14(39)6-5-13(38)21(22)28-43-26(18)46(25)33(47(27)29,48(28)30)49(31)32/h1-8H/q+2. The molecule has 6 aromatic rings. The molecule has 0 unspecified atom stereocenters. The van der Waals surface area contributed by atoms with E-state index in [-0.39, 0.29) is 0 Å². The van der Waals surface area contributed by atoms with Gasteiger partial charge in [-0.25, -0.2) is 0 Å². The van der Waals surface area contributed by atoms with Gasteiger partial charge in [0.05, 0.1) is 84.0 Å². The minimum Gasteiger partial charge on any atom is -0.192 e. The van der Waals surface area contributed by atoms with Crippen LogP contribution in [0.3, 0.4) is 0 Å². The molecule has 4 aromatic carbocycles. The van der Waals surface area contributed by atoms with Crippen molar-refractivity contribution in [3.8, 4) is 0 Å². The van der Waals surface area contributed by atoms with Crippen molar-refractivity contribution in [3.05, 3.63) is 122 Å². The van der Waals surface area contributed by atoms with Crippen LogP contribution in [0.25, 0.3) is 21.5 Å². The number of hydrogen-bond donors (Lipinski definition) is 0. The van der Waals surface area contributed by atoms with E-state index in [1.165, 1.54) is 0 Å². The first kappa shape index (κ1) is 28.3. The number of benzene rings is 4. The van der Waals surface area contributed by atoms with Crippen molar-refractivity contribution in [3.63, 3.8) is 0 Å². The fraction of sp³-hybridized carbons (Fsp3) is 0.0303. The van der Waals surface area contributed by atoms with E-state index in [4.69, 9.17) is 113 Å². The van der Waals surface area contributed by atoms with Crippen molar-refractivity contribution >= 4 is 149 Å². The maximum Gasteiger partial charge on any atom is 0.404 e. The zero-order valence-electron chi connectivity index (χ0n) is 23.7. The van der Waals surface area contributed by atoms with Crippen LogP contribution in [0.2, 0.25) is 40.2 Å². The summed E-state index contributed by atoms with van der Waals surface area (Å²) in [5.74, 6) is 1.45.